The van der Waals surface area contributed by atoms with Crippen LogP contribution in [0.1, 0.15) is 12.0 Å². The van der Waals surface area contributed by atoms with Crippen molar-refractivity contribution in [3.8, 4) is 23.1 Å². The van der Waals surface area contributed by atoms with Crippen LogP contribution in [0.15, 0.2) is 24.3 Å². The molecule has 0 amide bonds. The number of rotatable bonds is 5. The predicted octanol–water partition coefficient (Wildman–Crippen LogP) is 1.32. The summed E-state index contributed by atoms with van der Waals surface area (Å²) in [4.78, 5) is 7.91. The van der Waals surface area contributed by atoms with Crippen molar-refractivity contribution in [1.29, 1.82) is 5.26 Å². The lowest BCUT2D eigenvalue weighted by molar-refractivity contribution is -0.0531. The Morgan fingerprint density at radius 1 is 1.17 bits per heavy atom. The highest BCUT2D eigenvalue weighted by Gasteiger charge is 2.16. The summed E-state index contributed by atoms with van der Waals surface area (Å²) in [7, 11) is 0. The van der Waals surface area contributed by atoms with Crippen molar-refractivity contribution in [3.05, 3.63) is 29.8 Å². The van der Waals surface area contributed by atoms with Gasteiger partial charge in [-0.3, -0.25) is 0 Å². The van der Waals surface area contributed by atoms with Crippen molar-refractivity contribution < 1.29 is 14.2 Å². The molecular weight excluding hydrogens is 310 g/mol. The SMILES string of the molecule is N#Cc1c(N)nc(N)nc1-c1ccc(OCCC2OCCO2)cc1. The molecule has 1 fully saturated rings. The van der Waals surface area contributed by atoms with Crippen LogP contribution in [-0.2, 0) is 9.47 Å². The summed E-state index contributed by atoms with van der Waals surface area (Å²) in [5.41, 5.74) is 12.7. The van der Waals surface area contributed by atoms with Crippen LogP contribution in [-0.4, -0.2) is 36.1 Å². The zero-order chi connectivity index (χ0) is 16.9. The van der Waals surface area contributed by atoms with Gasteiger partial charge in [-0.25, -0.2) is 4.98 Å². The first-order chi connectivity index (χ1) is 11.7. The third-order valence-corrected chi connectivity index (χ3v) is 3.51. The molecule has 0 aliphatic carbocycles. The molecule has 8 heteroatoms. The first-order valence-corrected chi connectivity index (χ1v) is 7.47. The van der Waals surface area contributed by atoms with Crippen molar-refractivity contribution in [2.24, 2.45) is 0 Å². The Kier molecular flexibility index (Phi) is 4.74. The van der Waals surface area contributed by atoms with E-state index in [0.29, 0.717) is 43.2 Å². The first-order valence-electron chi connectivity index (χ1n) is 7.47. The van der Waals surface area contributed by atoms with Crippen LogP contribution in [0.2, 0.25) is 0 Å². The van der Waals surface area contributed by atoms with Gasteiger partial charge in [-0.2, -0.15) is 10.2 Å². The van der Waals surface area contributed by atoms with Gasteiger partial charge in [0.25, 0.3) is 0 Å². The number of aromatic nitrogens is 2. The standard InChI is InChI=1S/C16H17N5O3/c17-9-12-14(20-16(19)21-15(12)18)10-1-3-11(4-2-10)22-6-5-13-23-7-8-24-13/h1-4,13H,5-8H2,(H4,18,19,20,21). The fraction of sp³-hybridized carbons (Fsp3) is 0.312. The number of hydrogen-bond acceptors (Lipinski definition) is 8. The lowest BCUT2D eigenvalue weighted by atomic mass is 10.1. The van der Waals surface area contributed by atoms with Crippen molar-refractivity contribution in [3.63, 3.8) is 0 Å². The molecule has 2 heterocycles. The van der Waals surface area contributed by atoms with Crippen molar-refractivity contribution in [2.75, 3.05) is 31.3 Å². The van der Waals surface area contributed by atoms with E-state index in [1.54, 1.807) is 24.3 Å². The van der Waals surface area contributed by atoms with E-state index in [4.69, 9.17) is 25.7 Å². The van der Waals surface area contributed by atoms with Gasteiger partial charge < -0.3 is 25.7 Å². The van der Waals surface area contributed by atoms with Crippen LogP contribution in [0, 0.1) is 11.3 Å². The average molecular weight is 327 g/mol. The molecule has 0 saturated carbocycles. The molecule has 1 aliphatic heterocycles. The lowest BCUT2D eigenvalue weighted by Gasteiger charge is -2.11. The molecule has 0 spiro atoms. The van der Waals surface area contributed by atoms with Crippen LogP contribution in [0.25, 0.3) is 11.3 Å². The number of nitrogens with two attached hydrogens (primary N) is 2. The second kappa shape index (κ2) is 7.12. The summed E-state index contributed by atoms with van der Waals surface area (Å²) >= 11 is 0. The Morgan fingerprint density at radius 2 is 1.88 bits per heavy atom. The van der Waals surface area contributed by atoms with Crippen LogP contribution in [0.4, 0.5) is 11.8 Å². The highest BCUT2D eigenvalue weighted by atomic mass is 16.7. The molecule has 2 aromatic rings. The minimum absolute atomic E-state index is 0.0263. The Balaban J connectivity index is 1.69. The highest BCUT2D eigenvalue weighted by Crippen LogP contribution is 2.27. The maximum Gasteiger partial charge on any atom is 0.222 e. The smallest absolute Gasteiger partial charge is 0.222 e. The normalized spacial score (nSPS) is 14.5. The van der Waals surface area contributed by atoms with E-state index in [1.165, 1.54) is 0 Å². The van der Waals surface area contributed by atoms with Crippen LogP contribution in [0.3, 0.4) is 0 Å². The minimum atomic E-state index is -0.186. The number of nitrogen functional groups attached to an aromatic ring is 2. The number of nitriles is 1. The van der Waals surface area contributed by atoms with Gasteiger partial charge in [0.2, 0.25) is 5.95 Å². The van der Waals surface area contributed by atoms with Gasteiger partial charge in [0, 0.05) is 12.0 Å². The number of hydrogen-bond donors (Lipinski definition) is 2. The summed E-state index contributed by atoms with van der Waals surface area (Å²) < 4.78 is 16.3. The molecule has 1 aliphatic rings. The van der Waals surface area contributed by atoms with Crippen molar-refractivity contribution >= 4 is 11.8 Å². The second-order valence-electron chi connectivity index (χ2n) is 5.14. The predicted molar refractivity (Wildman–Crippen MR) is 86.8 cm³/mol. The third-order valence-electron chi connectivity index (χ3n) is 3.51. The maximum atomic E-state index is 9.23. The van der Waals surface area contributed by atoms with Crippen LogP contribution >= 0.6 is 0 Å². The summed E-state index contributed by atoms with van der Waals surface area (Å²) in [6.45, 7) is 1.75. The molecule has 1 aromatic carbocycles. The van der Waals surface area contributed by atoms with Gasteiger partial charge >= 0.3 is 0 Å². The van der Waals surface area contributed by atoms with E-state index in [0.717, 1.165) is 0 Å². The molecule has 1 aromatic heterocycles. The molecule has 0 radical (unpaired) electrons. The Hall–Kier alpha value is -2.89. The lowest BCUT2D eigenvalue weighted by Crippen LogP contribution is -2.12. The minimum Gasteiger partial charge on any atom is -0.493 e. The molecule has 0 atom stereocenters. The molecule has 0 bridgehead atoms. The van der Waals surface area contributed by atoms with E-state index in [2.05, 4.69) is 9.97 Å². The average Bonchev–Trinajstić information content (AvgIpc) is 3.08. The van der Waals surface area contributed by atoms with Gasteiger partial charge in [0.1, 0.15) is 23.2 Å². The molecule has 8 nitrogen and oxygen atoms in total. The monoisotopic (exact) mass is 327 g/mol. The molecule has 1 saturated heterocycles. The fourth-order valence-corrected chi connectivity index (χ4v) is 2.37. The van der Waals surface area contributed by atoms with E-state index in [1.807, 2.05) is 6.07 Å². The first kappa shape index (κ1) is 16.0. The summed E-state index contributed by atoms with van der Waals surface area (Å²) in [6.07, 6.45) is 0.480. The van der Waals surface area contributed by atoms with Crippen molar-refractivity contribution in [1.82, 2.24) is 9.97 Å². The highest BCUT2D eigenvalue weighted by molar-refractivity contribution is 5.73. The molecule has 24 heavy (non-hydrogen) atoms. The number of ether oxygens (including phenoxy) is 3. The Labute approximate surface area is 139 Å². The van der Waals surface area contributed by atoms with Gasteiger partial charge in [-0.05, 0) is 24.3 Å². The molecule has 0 unspecified atom stereocenters. The summed E-state index contributed by atoms with van der Waals surface area (Å²) in [5.74, 6) is 0.792. The van der Waals surface area contributed by atoms with Gasteiger partial charge in [-0.15, -0.1) is 0 Å². The number of anilines is 2. The Morgan fingerprint density at radius 3 is 2.54 bits per heavy atom. The molecular formula is C16H17N5O3. The van der Waals surface area contributed by atoms with E-state index < -0.39 is 0 Å². The second-order valence-corrected chi connectivity index (χ2v) is 5.14. The summed E-state index contributed by atoms with van der Waals surface area (Å²) in [5, 5.41) is 9.23. The van der Waals surface area contributed by atoms with Gasteiger partial charge in [0.05, 0.1) is 25.5 Å². The third kappa shape index (κ3) is 3.53. The maximum absolute atomic E-state index is 9.23. The zero-order valence-electron chi connectivity index (χ0n) is 12.9. The zero-order valence-corrected chi connectivity index (χ0v) is 12.9. The molecule has 3 rings (SSSR count). The topological polar surface area (TPSA) is 129 Å². The molecule has 4 N–H and O–H groups in total. The van der Waals surface area contributed by atoms with Gasteiger partial charge in [0.15, 0.2) is 6.29 Å². The van der Waals surface area contributed by atoms with E-state index >= 15 is 0 Å². The Bertz CT molecular complexity index is 752. The van der Waals surface area contributed by atoms with Crippen molar-refractivity contribution in [2.45, 2.75) is 12.7 Å². The number of benzene rings is 1. The molecule has 124 valence electrons. The quantitative estimate of drug-likeness (QED) is 0.841. The van der Waals surface area contributed by atoms with Crippen LogP contribution < -0.4 is 16.2 Å². The fourth-order valence-electron chi connectivity index (χ4n) is 2.37. The number of nitrogens with zero attached hydrogens (tertiary/aromatic N) is 3. The van der Waals surface area contributed by atoms with E-state index in [-0.39, 0.29) is 23.6 Å². The largest absolute Gasteiger partial charge is 0.493 e. The summed E-state index contributed by atoms with van der Waals surface area (Å²) in [6, 6.07) is 9.17. The van der Waals surface area contributed by atoms with Crippen LogP contribution in [0.5, 0.6) is 5.75 Å². The van der Waals surface area contributed by atoms with E-state index in [9.17, 15) is 5.26 Å². The van der Waals surface area contributed by atoms with Gasteiger partial charge in [-0.1, -0.05) is 0 Å².